The van der Waals surface area contributed by atoms with Gasteiger partial charge in [0.15, 0.2) is 0 Å². The molecule has 0 aliphatic carbocycles. The van der Waals surface area contributed by atoms with Crippen molar-refractivity contribution in [2.24, 2.45) is 0 Å². The van der Waals surface area contributed by atoms with Gasteiger partial charge in [0, 0.05) is 0 Å². The fourth-order valence-electron chi connectivity index (χ4n) is 0.546. The first-order chi connectivity index (χ1) is 5.24. The summed E-state index contributed by atoms with van der Waals surface area (Å²) in [5, 5.41) is 8.76. The average Bonchev–Trinajstić information content (AvgIpc) is 2.05. The summed E-state index contributed by atoms with van der Waals surface area (Å²) in [7, 11) is 0. The molecule has 1 N–H and O–H groups in total. The number of nitrogens with zero attached hydrogens (tertiary/aromatic N) is 1. The first-order valence-corrected chi connectivity index (χ1v) is 3.03. The molecule has 1 heterocycles. The van der Waals surface area contributed by atoms with Crippen LogP contribution in [0, 0.1) is 0 Å². The highest BCUT2D eigenvalue weighted by atomic mass is 35.5. The number of aromatic hydroxyl groups is 1. The third-order valence-electron chi connectivity index (χ3n) is 1.03. The molecule has 0 atom stereocenters. The number of carbonyl (C=O) groups excluding carboxylic acids is 1. The number of carbonyl (C=O) groups is 1. The Balaban J connectivity index is 2.90. The van der Waals surface area contributed by atoms with Gasteiger partial charge in [0.2, 0.25) is 0 Å². The zero-order chi connectivity index (χ0) is 8.27. The molecule has 1 aromatic heterocycles. The maximum Gasteiger partial charge on any atom is 0.374 e. The van der Waals surface area contributed by atoms with E-state index in [0.29, 0.717) is 0 Å². The topological polar surface area (TPSA) is 59.4 Å². The molecule has 1 aromatic rings. The summed E-state index contributed by atoms with van der Waals surface area (Å²) in [5.74, 6) is -0.761. The van der Waals surface area contributed by atoms with Crippen molar-refractivity contribution in [3.63, 3.8) is 0 Å². The molecule has 0 amide bonds. The number of hydrogen-bond donors (Lipinski definition) is 1. The lowest BCUT2D eigenvalue weighted by molar-refractivity contribution is 0.0745. The van der Waals surface area contributed by atoms with Gasteiger partial charge in [0.25, 0.3) is 0 Å². The van der Waals surface area contributed by atoms with Gasteiger partial charge >= 0.3 is 5.97 Å². The maximum atomic E-state index is 10.6. The summed E-state index contributed by atoms with van der Waals surface area (Å²) in [6.07, 6.45) is 1.13. The van der Waals surface area contributed by atoms with Crippen molar-refractivity contribution in [1.29, 1.82) is 0 Å². The van der Waals surface area contributed by atoms with Crippen LogP contribution < -0.4 is 0 Å². The minimum absolute atomic E-state index is 0.0175. The van der Waals surface area contributed by atoms with E-state index >= 15 is 0 Å². The van der Waals surface area contributed by atoms with E-state index in [1.54, 1.807) is 0 Å². The van der Waals surface area contributed by atoms with Gasteiger partial charge in [0.05, 0.1) is 6.20 Å². The lowest BCUT2D eigenvalue weighted by atomic mass is 10.3. The van der Waals surface area contributed by atoms with Crippen molar-refractivity contribution in [2.45, 2.75) is 0 Å². The van der Waals surface area contributed by atoms with Crippen LogP contribution in [0.2, 0.25) is 0 Å². The summed E-state index contributed by atoms with van der Waals surface area (Å²) in [5.41, 5.74) is 0.0535. The molecular formula is C6H4ClNO3. The maximum absolute atomic E-state index is 10.6. The molecule has 0 saturated carbocycles. The molecule has 0 radical (unpaired) electrons. The van der Waals surface area contributed by atoms with E-state index in [0.717, 1.165) is 6.20 Å². The standard InChI is InChI=1S/C6H4ClNO3/c7-11-6(10)5-2-1-4(9)3-8-5/h1-3,9H. The van der Waals surface area contributed by atoms with Gasteiger partial charge in [-0.1, -0.05) is 0 Å². The van der Waals surface area contributed by atoms with Gasteiger partial charge in [0.1, 0.15) is 23.3 Å². The van der Waals surface area contributed by atoms with Gasteiger partial charge in [-0.15, -0.1) is 0 Å². The molecule has 0 bridgehead atoms. The highest BCUT2D eigenvalue weighted by molar-refractivity contribution is 6.15. The quantitative estimate of drug-likeness (QED) is 0.691. The number of aromatic nitrogens is 1. The largest absolute Gasteiger partial charge is 0.506 e. The smallest absolute Gasteiger partial charge is 0.374 e. The highest BCUT2D eigenvalue weighted by Gasteiger charge is 2.06. The molecule has 0 aromatic carbocycles. The minimum Gasteiger partial charge on any atom is -0.506 e. The molecule has 11 heavy (non-hydrogen) atoms. The van der Waals surface area contributed by atoms with Gasteiger partial charge in [-0.25, -0.2) is 9.78 Å². The fourth-order valence-corrected chi connectivity index (χ4v) is 0.625. The van der Waals surface area contributed by atoms with Crippen molar-refractivity contribution in [3.8, 4) is 5.75 Å². The normalized spacial score (nSPS) is 9.18. The van der Waals surface area contributed by atoms with Crippen LogP contribution in [0.5, 0.6) is 5.75 Å². The second-order valence-electron chi connectivity index (χ2n) is 1.77. The molecule has 0 aliphatic rings. The van der Waals surface area contributed by atoms with E-state index in [9.17, 15) is 4.79 Å². The lowest BCUT2D eigenvalue weighted by Crippen LogP contribution is -1.99. The van der Waals surface area contributed by atoms with Crippen molar-refractivity contribution in [3.05, 3.63) is 24.0 Å². The predicted molar refractivity (Wildman–Crippen MR) is 37.2 cm³/mol. The van der Waals surface area contributed by atoms with Gasteiger partial charge in [-0.2, -0.15) is 0 Å². The van der Waals surface area contributed by atoms with Gasteiger partial charge < -0.3 is 9.40 Å². The third-order valence-corrected chi connectivity index (χ3v) is 1.17. The molecule has 0 unspecified atom stereocenters. The summed E-state index contributed by atoms with van der Waals surface area (Å²) in [6, 6.07) is 2.62. The van der Waals surface area contributed by atoms with Crippen LogP contribution in [0.15, 0.2) is 18.3 Å². The molecule has 58 valence electrons. The SMILES string of the molecule is O=C(OCl)c1ccc(O)cn1. The Labute approximate surface area is 67.6 Å². The highest BCUT2D eigenvalue weighted by Crippen LogP contribution is 2.06. The first kappa shape index (κ1) is 7.81. The predicted octanol–water partition coefficient (Wildman–Crippen LogP) is 1.10. The number of rotatable bonds is 1. The zero-order valence-electron chi connectivity index (χ0n) is 5.32. The van der Waals surface area contributed by atoms with Crippen molar-refractivity contribution in [1.82, 2.24) is 4.98 Å². The summed E-state index contributed by atoms with van der Waals surface area (Å²) in [4.78, 5) is 14.2. The average molecular weight is 174 g/mol. The van der Waals surface area contributed by atoms with E-state index in [4.69, 9.17) is 17.0 Å². The summed E-state index contributed by atoms with van der Waals surface area (Å²) >= 11 is 4.77. The lowest BCUT2D eigenvalue weighted by Gasteiger charge is -1.93. The van der Waals surface area contributed by atoms with Crippen LogP contribution in [0.3, 0.4) is 0 Å². The molecule has 0 spiro atoms. The van der Waals surface area contributed by atoms with Gasteiger partial charge in [-0.05, 0) is 12.1 Å². The molecule has 0 fully saturated rings. The summed E-state index contributed by atoms with van der Waals surface area (Å²) < 4.78 is 3.87. The molecular weight excluding hydrogens is 170 g/mol. The Kier molecular flexibility index (Phi) is 2.28. The number of hydrogen-bond acceptors (Lipinski definition) is 4. The number of pyridine rings is 1. The number of halogens is 1. The second kappa shape index (κ2) is 3.21. The van der Waals surface area contributed by atoms with Crippen LogP contribution in [0.4, 0.5) is 0 Å². The van der Waals surface area contributed by atoms with Crippen LogP contribution in [0.1, 0.15) is 10.5 Å². The van der Waals surface area contributed by atoms with Crippen LogP contribution in [-0.4, -0.2) is 16.1 Å². The van der Waals surface area contributed by atoms with Crippen molar-refractivity contribution >= 4 is 17.8 Å². The van der Waals surface area contributed by atoms with E-state index in [1.165, 1.54) is 12.1 Å². The zero-order valence-corrected chi connectivity index (χ0v) is 6.08. The Bertz CT molecular complexity index is 259. The monoisotopic (exact) mass is 173 g/mol. The molecule has 1 rings (SSSR count). The first-order valence-electron chi connectivity index (χ1n) is 2.72. The Morgan fingerprint density at radius 3 is 2.82 bits per heavy atom. The van der Waals surface area contributed by atoms with E-state index in [2.05, 4.69) is 9.27 Å². The Morgan fingerprint density at radius 2 is 2.36 bits per heavy atom. The molecule has 0 aliphatic heterocycles. The summed E-state index contributed by atoms with van der Waals surface area (Å²) in [6.45, 7) is 0. The Morgan fingerprint density at radius 1 is 1.64 bits per heavy atom. The van der Waals surface area contributed by atoms with Crippen LogP contribution >= 0.6 is 11.9 Å². The fraction of sp³-hybridized carbons (Fsp3) is 0. The van der Waals surface area contributed by atoms with Crippen LogP contribution in [-0.2, 0) is 4.29 Å². The molecule has 0 saturated heterocycles. The molecule has 4 nitrogen and oxygen atoms in total. The second-order valence-corrected chi connectivity index (χ2v) is 1.92. The molecule has 5 heteroatoms. The van der Waals surface area contributed by atoms with E-state index in [-0.39, 0.29) is 11.4 Å². The van der Waals surface area contributed by atoms with E-state index in [1.807, 2.05) is 0 Å². The van der Waals surface area contributed by atoms with E-state index < -0.39 is 5.97 Å². The van der Waals surface area contributed by atoms with Crippen molar-refractivity contribution < 1.29 is 14.2 Å². The van der Waals surface area contributed by atoms with Crippen LogP contribution in [0.25, 0.3) is 0 Å². The van der Waals surface area contributed by atoms with Crippen molar-refractivity contribution in [2.75, 3.05) is 0 Å². The Hall–Kier alpha value is -1.29. The third kappa shape index (κ3) is 1.81. The van der Waals surface area contributed by atoms with Gasteiger partial charge in [-0.3, -0.25) is 0 Å². The minimum atomic E-state index is -0.744.